The van der Waals surface area contributed by atoms with Crippen molar-refractivity contribution in [1.82, 2.24) is 15.1 Å². The smallest absolute Gasteiger partial charge is 0.236 e. The number of rotatable bonds is 2. The quantitative estimate of drug-likeness (QED) is 0.764. The summed E-state index contributed by atoms with van der Waals surface area (Å²) in [5.41, 5.74) is 0.390. The first-order valence-corrected chi connectivity index (χ1v) is 6.78. The number of amides is 1. The Morgan fingerprint density at radius 1 is 1.24 bits per heavy atom. The van der Waals surface area contributed by atoms with Crippen LogP contribution in [0.4, 0.5) is 0 Å². The van der Waals surface area contributed by atoms with E-state index in [2.05, 4.69) is 24.1 Å². The minimum atomic E-state index is 0.311. The minimum absolute atomic E-state index is 0.311. The third kappa shape index (κ3) is 3.68. The highest BCUT2D eigenvalue weighted by Crippen LogP contribution is 2.28. The first-order chi connectivity index (χ1) is 8.07. The Labute approximate surface area is 104 Å². The van der Waals surface area contributed by atoms with E-state index in [4.69, 9.17) is 0 Å². The SMILES string of the molecule is CC1(C)CCN(CC(=O)N2CCCNCC2)C1. The van der Waals surface area contributed by atoms with Gasteiger partial charge in [-0.15, -0.1) is 0 Å². The van der Waals surface area contributed by atoms with Crippen LogP contribution in [0, 0.1) is 5.41 Å². The van der Waals surface area contributed by atoms with Crippen molar-refractivity contribution in [3.63, 3.8) is 0 Å². The molecule has 0 aromatic carbocycles. The maximum absolute atomic E-state index is 12.2. The van der Waals surface area contributed by atoms with Crippen LogP contribution in [0.3, 0.4) is 0 Å². The van der Waals surface area contributed by atoms with E-state index in [1.807, 2.05) is 4.90 Å². The van der Waals surface area contributed by atoms with Gasteiger partial charge in [0.05, 0.1) is 6.54 Å². The molecular formula is C13H25N3O. The van der Waals surface area contributed by atoms with Gasteiger partial charge in [-0.2, -0.15) is 0 Å². The number of carbonyl (C=O) groups excluding carboxylic acids is 1. The molecule has 2 aliphatic heterocycles. The lowest BCUT2D eigenvalue weighted by Gasteiger charge is -2.24. The number of hydrogen-bond donors (Lipinski definition) is 1. The monoisotopic (exact) mass is 239 g/mol. The molecule has 1 N–H and O–H groups in total. The van der Waals surface area contributed by atoms with Crippen molar-refractivity contribution in [3.05, 3.63) is 0 Å². The van der Waals surface area contributed by atoms with Crippen LogP contribution in [-0.4, -0.2) is 61.5 Å². The van der Waals surface area contributed by atoms with E-state index >= 15 is 0 Å². The van der Waals surface area contributed by atoms with Crippen LogP contribution in [0.25, 0.3) is 0 Å². The Morgan fingerprint density at radius 2 is 2.06 bits per heavy atom. The fraction of sp³-hybridized carbons (Fsp3) is 0.923. The predicted octanol–water partition coefficient (Wildman–Crippen LogP) is 0.540. The fourth-order valence-corrected chi connectivity index (χ4v) is 2.75. The highest BCUT2D eigenvalue weighted by Gasteiger charge is 2.30. The summed E-state index contributed by atoms with van der Waals surface area (Å²) >= 11 is 0. The molecule has 0 bridgehead atoms. The van der Waals surface area contributed by atoms with Crippen molar-refractivity contribution in [3.8, 4) is 0 Å². The van der Waals surface area contributed by atoms with Crippen molar-refractivity contribution in [2.24, 2.45) is 5.41 Å². The summed E-state index contributed by atoms with van der Waals surface area (Å²) in [5.74, 6) is 0.311. The number of nitrogens with zero attached hydrogens (tertiary/aromatic N) is 2. The second-order valence-corrected chi connectivity index (χ2v) is 6.11. The van der Waals surface area contributed by atoms with Crippen LogP contribution >= 0.6 is 0 Å². The molecule has 4 nitrogen and oxygen atoms in total. The molecule has 0 aliphatic carbocycles. The van der Waals surface area contributed by atoms with Crippen molar-refractivity contribution in [2.45, 2.75) is 26.7 Å². The zero-order valence-corrected chi connectivity index (χ0v) is 11.2. The maximum Gasteiger partial charge on any atom is 0.236 e. The minimum Gasteiger partial charge on any atom is -0.340 e. The van der Waals surface area contributed by atoms with E-state index in [0.717, 1.165) is 45.7 Å². The highest BCUT2D eigenvalue weighted by atomic mass is 16.2. The predicted molar refractivity (Wildman–Crippen MR) is 68.9 cm³/mol. The van der Waals surface area contributed by atoms with Gasteiger partial charge in [0, 0.05) is 26.2 Å². The fourth-order valence-electron chi connectivity index (χ4n) is 2.75. The summed E-state index contributed by atoms with van der Waals surface area (Å²) in [6, 6.07) is 0. The molecule has 0 spiro atoms. The van der Waals surface area contributed by atoms with Gasteiger partial charge >= 0.3 is 0 Å². The Balaban J connectivity index is 1.80. The largest absolute Gasteiger partial charge is 0.340 e. The molecule has 0 atom stereocenters. The molecule has 2 rings (SSSR count). The Morgan fingerprint density at radius 3 is 2.76 bits per heavy atom. The molecule has 0 radical (unpaired) electrons. The standard InChI is InChI=1S/C13H25N3O/c1-13(2)4-8-15(11-13)10-12(17)16-7-3-5-14-6-9-16/h14H,3-11H2,1-2H3. The second-order valence-electron chi connectivity index (χ2n) is 6.11. The summed E-state index contributed by atoms with van der Waals surface area (Å²) in [7, 11) is 0. The second kappa shape index (κ2) is 5.36. The summed E-state index contributed by atoms with van der Waals surface area (Å²) in [5, 5.41) is 3.33. The van der Waals surface area contributed by atoms with Crippen molar-refractivity contribution in [2.75, 3.05) is 45.8 Å². The normalized spacial score (nSPS) is 25.9. The topological polar surface area (TPSA) is 35.6 Å². The molecule has 4 heteroatoms. The van der Waals surface area contributed by atoms with Gasteiger partial charge in [-0.05, 0) is 31.3 Å². The molecular weight excluding hydrogens is 214 g/mol. The van der Waals surface area contributed by atoms with Gasteiger partial charge in [0.25, 0.3) is 0 Å². The van der Waals surface area contributed by atoms with Crippen LogP contribution in [0.5, 0.6) is 0 Å². The Bertz CT molecular complexity index is 270. The van der Waals surface area contributed by atoms with Crippen LogP contribution in [0.2, 0.25) is 0 Å². The molecule has 2 fully saturated rings. The molecule has 17 heavy (non-hydrogen) atoms. The summed E-state index contributed by atoms with van der Waals surface area (Å²) in [4.78, 5) is 16.5. The highest BCUT2D eigenvalue weighted by molar-refractivity contribution is 5.78. The van der Waals surface area contributed by atoms with Crippen LogP contribution < -0.4 is 5.32 Å². The van der Waals surface area contributed by atoms with Crippen LogP contribution in [0.15, 0.2) is 0 Å². The summed E-state index contributed by atoms with van der Waals surface area (Å²) in [6.45, 7) is 11.1. The molecule has 0 aromatic rings. The lowest BCUT2D eigenvalue weighted by Crippen LogP contribution is -2.41. The molecule has 2 aliphatic rings. The number of likely N-dealkylation sites (tertiary alicyclic amines) is 1. The van der Waals surface area contributed by atoms with E-state index in [1.54, 1.807) is 0 Å². The van der Waals surface area contributed by atoms with Gasteiger partial charge in [0.2, 0.25) is 5.91 Å². The van der Waals surface area contributed by atoms with Gasteiger partial charge < -0.3 is 10.2 Å². The van der Waals surface area contributed by atoms with Crippen molar-refractivity contribution in [1.29, 1.82) is 0 Å². The van der Waals surface area contributed by atoms with E-state index < -0.39 is 0 Å². The number of nitrogens with one attached hydrogen (secondary N) is 1. The number of carbonyl (C=O) groups is 1. The first kappa shape index (κ1) is 12.8. The van der Waals surface area contributed by atoms with Crippen LogP contribution in [0.1, 0.15) is 26.7 Å². The van der Waals surface area contributed by atoms with E-state index in [9.17, 15) is 4.79 Å². The lowest BCUT2D eigenvalue weighted by molar-refractivity contribution is -0.132. The lowest BCUT2D eigenvalue weighted by atomic mass is 9.93. The first-order valence-electron chi connectivity index (χ1n) is 6.78. The molecule has 0 aromatic heterocycles. The van der Waals surface area contributed by atoms with Gasteiger partial charge in [0.1, 0.15) is 0 Å². The zero-order valence-electron chi connectivity index (χ0n) is 11.2. The molecule has 2 saturated heterocycles. The van der Waals surface area contributed by atoms with Crippen molar-refractivity contribution >= 4 is 5.91 Å². The molecule has 0 saturated carbocycles. The molecule has 98 valence electrons. The third-order valence-electron chi connectivity index (χ3n) is 3.81. The van der Waals surface area contributed by atoms with Gasteiger partial charge in [-0.1, -0.05) is 13.8 Å². The van der Waals surface area contributed by atoms with Gasteiger partial charge in [-0.3, -0.25) is 9.69 Å². The zero-order chi connectivity index (χ0) is 12.3. The maximum atomic E-state index is 12.2. The Kier molecular flexibility index (Phi) is 4.05. The number of hydrogen-bond acceptors (Lipinski definition) is 3. The molecule has 0 unspecified atom stereocenters. The summed E-state index contributed by atoms with van der Waals surface area (Å²) < 4.78 is 0. The van der Waals surface area contributed by atoms with Crippen LogP contribution in [-0.2, 0) is 4.79 Å². The molecule has 2 heterocycles. The average Bonchev–Trinajstić information content (AvgIpc) is 2.52. The van der Waals surface area contributed by atoms with E-state index in [0.29, 0.717) is 17.9 Å². The van der Waals surface area contributed by atoms with Gasteiger partial charge in [-0.25, -0.2) is 0 Å². The average molecular weight is 239 g/mol. The summed E-state index contributed by atoms with van der Waals surface area (Å²) in [6.07, 6.45) is 2.29. The van der Waals surface area contributed by atoms with E-state index in [-0.39, 0.29) is 0 Å². The van der Waals surface area contributed by atoms with E-state index in [1.165, 1.54) is 6.42 Å². The third-order valence-corrected chi connectivity index (χ3v) is 3.81. The molecule has 1 amide bonds. The van der Waals surface area contributed by atoms with Gasteiger partial charge in [0.15, 0.2) is 0 Å². The Hall–Kier alpha value is -0.610. The van der Waals surface area contributed by atoms with Crippen molar-refractivity contribution < 1.29 is 4.79 Å².